The molecule has 2 rings (SSSR count). The average Bonchev–Trinajstić information content (AvgIpc) is 3.08. The van der Waals surface area contributed by atoms with Crippen LogP contribution in [0.2, 0.25) is 0 Å². The van der Waals surface area contributed by atoms with Crippen LogP contribution in [0, 0.1) is 0 Å². The Bertz CT molecular complexity index is 600. The molecule has 0 aliphatic rings. The summed E-state index contributed by atoms with van der Waals surface area (Å²) in [5.41, 5.74) is 2.73. The Kier molecular flexibility index (Phi) is 10.9. The molecule has 0 aliphatic carbocycles. The third-order valence-corrected chi connectivity index (χ3v) is 5.41. The maximum atomic E-state index is 5.02. The van der Waals surface area contributed by atoms with E-state index in [0.29, 0.717) is 0 Å². The van der Waals surface area contributed by atoms with Crippen molar-refractivity contribution in [1.82, 2.24) is 9.55 Å². The molecule has 0 bridgehead atoms. The molecule has 27 heavy (non-hydrogen) atoms. The minimum Gasteiger partial charge on any atom is -0.335 e. The van der Waals surface area contributed by atoms with Crippen LogP contribution in [0.4, 0.5) is 0 Å². The second kappa shape index (κ2) is 13.6. The zero-order valence-electron chi connectivity index (χ0n) is 17.8. The molecule has 0 aliphatic heterocycles. The van der Waals surface area contributed by atoms with Crippen LogP contribution in [-0.4, -0.2) is 9.55 Å². The van der Waals surface area contributed by atoms with E-state index in [1.807, 2.05) is 0 Å². The first-order chi connectivity index (χ1) is 13.3. The largest absolute Gasteiger partial charge is 0.335 e. The third-order valence-electron chi connectivity index (χ3n) is 5.41. The predicted octanol–water partition coefficient (Wildman–Crippen LogP) is 7.15. The summed E-state index contributed by atoms with van der Waals surface area (Å²) >= 11 is 0. The number of aromatic nitrogens is 2. The number of unbranched alkanes of at least 4 members (excludes halogenated alkanes) is 7. The third kappa shape index (κ3) is 8.77. The van der Waals surface area contributed by atoms with E-state index >= 15 is 0 Å². The quantitative estimate of drug-likeness (QED) is 0.305. The Morgan fingerprint density at radius 1 is 0.704 bits per heavy atom. The highest BCUT2D eigenvalue weighted by atomic mass is 15.1. The van der Waals surface area contributed by atoms with Crippen molar-refractivity contribution in [3.63, 3.8) is 0 Å². The standard InChI is InChI=1S/C25H40N2/c1-3-5-7-9-13-20-25-26-24(22-27(25)21-14-8-6-4-2)19-15-18-23-16-11-10-12-17-23/h10-12,16-17,22H,3-9,13-15,18-21H2,1-2H3. The number of hydrogen-bond donors (Lipinski definition) is 0. The zero-order valence-corrected chi connectivity index (χ0v) is 17.8. The fourth-order valence-corrected chi connectivity index (χ4v) is 3.74. The highest BCUT2D eigenvalue weighted by Crippen LogP contribution is 2.14. The maximum absolute atomic E-state index is 5.02. The van der Waals surface area contributed by atoms with Crippen molar-refractivity contribution in [3.8, 4) is 0 Å². The Hall–Kier alpha value is -1.57. The van der Waals surface area contributed by atoms with Gasteiger partial charge in [0.1, 0.15) is 5.82 Å². The summed E-state index contributed by atoms with van der Waals surface area (Å²) in [6.45, 7) is 5.71. The molecule has 1 heterocycles. The lowest BCUT2D eigenvalue weighted by atomic mass is 10.1. The van der Waals surface area contributed by atoms with Gasteiger partial charge in [-0.05, 0) is 37.7 Å². The predicted molar refractivity (Wildman–Crippen MR) is 117 cm³/mol. The lowest BCUT2D eigenvalue weighted by Crippen LogP contribution is -2.03. The van der Waals surface area contributed by atoms with E-state index < -0.39 is 0 Å². The Labute approximate surface area is 167 Å². The molecular formula is C25H40N2. The van der Waals surface area contributed by atoms with Gasteiger partial charge in [0.15, 0.2) is 0 Å². The van der Waals surface area contributed by atoms with Gasteiger partial charge in [0.2, 0.25) is 0 Å². The first-order valence-electron chi connectivity index (χ1n) is 11.4. The minimum absolute atomic E-state index is 1.10. The number of rotatable bonds is 15. The van der Waals surface area contributed by atoms with E-state index in [9.17, 15) is 0 Å². The molecule has 0 atom stereocenters. The van der Waals surface area contributed by atoms with Gasteiger partial charge < -0.3 is 4.57 Å². The molecule has 150 valence electrons. The van der Waals surface area contributed by atoms with Gasteiger partial charge in [0, 0.05) is 19.2 Å². The minimum atomic E-state index is 1.10. The molecule has 0 saturated carbocycles. The highest BCUT2D eigenvalue weighted by Gasteiger charge is 2.08. The van der Waals surface area contributed by atoms with Crippen LogP contribution in [0.15, 0.2) is 36.5 Å². The van der Waals surface area contributed by atoms with Crippen molar-refractivity contribution in [2.75, 3.05) is 0 Å². The Balaban J connectivity index is 1.85. The summed E-state index contributed by atoms with van der Waals surface area (Å²) < 4.78 is 2.47. The molecule has 0 amide bonds. The van der Waals surface area contributed by atoms with Gasteiger partial charge >= 0.3 is 0 Å². The first-order valence-corrected chi connectivity index (χ1v) is 11.4. The van der Waals surface area contributed by atoms with E-state index in [4.69, 9.17) is 4.98 Å². The average molecular weight is 369 g/mol. The highest BCUT2D eigenvalue weighted by molar-refractivity contribution is 5.15. The van der Waals surface area contributed by atoms with Crippen molar-refractivity contribution in [3.05, 3.63) is 53.6 Å². The van der Waals surface area contributed by atoms with Gasteiger partial charge in [-0.25, -0.2) is 4.98 Å². The van der Waals surface area contributed by atoms with Gasteiger partial charge in [-0.2, -0.15) is 0 Å². The van der Waals surface area contributed by atoms with Crippen molar-refractivity contribution in [2.45, 2.75) is 104 Å². The summed E-state index contributed by atoms with van der Waals surface area (Å²) in [7, 11) is 0. The Morgan fingerprint density at radius 3 is 2.15 bits per heavy atom. The van der Waals surface area contributed by atoms with Crippen molar-refractivity contribution >= 4 is 0 Å². The van der Waals surface area contributed by atoms with Crippen LogP contribution in [0.1, 0.15) is 95.1 Å². The van der Waals surface area contributed by atoms with Crippen LogP contribution in [0.25, 0.3) is 0 Å². The lowest BCUT2D eigenvalue weighted by Gasteiger charge is -2.07. The van der Waals surface area contributed by atoms with Crippen molar-refractivity contribution < 1.29 is 0 Å². The number of imidazole rings is 1. The number of nitrogens with zero attached hydrogens (tertiary/aromatic N) is 2. The smallest absolute Gasteiger partial charge is 0.108 e. The molecule has 0 spiro atoms. The van der Waals surface area contributed by atoms with Gasteiger partial charge in [-0.3, -0.25) is 0 Å². The van der Waals surface area contributed by atoms with Crippen molar-refractivity contribution in [2.24, 2.45) is 0 Å². The van der Waals surface area contributed by atoms with Crippen LogP contribution in [-0.2, 0) is 25.8 Å². The Morgan fingerprint density at radius 2 is 1.41 bits per heavy atom. The van der Waals surface area contributed by atoms with Gasteiger partial charge in [-0.1, -0.05) is 89.1 Å². The molecule has 1 aromatic carbocycles. The van der Waals surface area contributed by atoms with Crippen molar-refractivity contribution in [1.29, 1.82) is 0 Å². The normalized spacial score (nSPS) is 11.2. The van der Waals surface area contributed by atoms with E-state index in [0.717, 1.165) is 25.8 Å². The summed E-state index contributed by atoms with van der Waals surface area (Å²) in [5.74, 6) is 1.33. The summed E-state index contributed by atoms with van der Waals surface area (Å²) in [4.78, 5) is 5.02. The van der Waals surface area contributed by atoms with E-state index in [2.05, 4.69) is 54.9 Å². The monoisotopic (exact) mass is 368 g/mol. The molecular weight excluding hydrogens is 328 g/mol. The van der Waals surface area contributed by atoms with Gasteiger partial charge in [0.25, 0.3) is 0 Å². The molecule has 2 aromatic rings. The maximum Gasteiger partial charge on any atom is 0.108 e. The molecule has 2 nitrogen and oxygen atoms in total. The van der Waals surface area contributed by atoms with Crippen LogP contribution in [0.5, 0.6) is 0 Å². The summed E-state index contributed by atoms with van der Waals surface area (Å²) in [6.07, 6.45) is 18.9. The van der Waals surface area contributed by atoms with Crippen LogP contribution in [0.3, 0.4) is 0 Å². The fourth-order valence-electron chi connectivity index (χ4n) is 3.74. The van der Waals surface area contributed by atoms with E-state index in [-0.39, 0.29) is 0 Å². The molecule has 0 unspecified atom stereocenters. The number of aryl methyl sites for hydroxylation is 4. The molecule has 0 saturated heterocycles. The molecule has 0 fully saturated rings. The second-order valence-corrected chi connectivity index (χ2v) is 7.91. The molecule has 0 N–H and O–H groups in total. The van der Waals surface area contributed by atoms with Gasteiger partial charge in [-0.15, -0.1) is 0 Å². The van der Waals surface area contributed by atoms with E-state index in [1.54, 1.807) is 0 Å². The number of hydrogen-bond acceptors (Lipinski definition) is 1. The molecule has 1 aromatic heterocycles. The summed E-state index contributed by atoms with van der Waals surface area (Å²) in [5, 5.41) is 0. The number of benzene rings is 1. The van der Waals surface area contributed by atoms with Gasteiger partial charge in [0.05, 0.1) is 5.69 Å². The first kappa shape index (κ1) is 21.7. The molecule has 2 heteroatoms. The lowest BCUT2D eigenvalue weighted by molar-refractivity contribution is 0.551. The fraction of sp³-hybridized carbons (Fsp3) is 0.640. The van der Waals surface area contributed by atoms with Crippen LogP contribution >= 0.6 is 0 Å². The van der Waals surface area contributed by atoms with Crippen LogP contribution < -0.4 is 0 Å². The zero-order chi connectivity index (χ0) is 19.2. The SMILES string of the molecule is CCCCCCCc1nc(CCCc2ccccc2)cn1CCCCCC. The topological polar surface area (TPSA) is 17.8 Å². The van der Waals surface area contributed by atoms with E-state index in [1.165, 1.54) is 81.3 Å². The second-order valence-electron chi connectivity index (χ2n) is 7.91. The summed E-state index contributed by atoms with van der Waals surface area (Å²) in [6, 6.07) is 10.8. The molecule has 0 radical (unpaired) electrons.